The molecule has 4 nitrogen and oxygen atoms in total. The topological polar surface area (TPSA) is 55.8 Å². The average molecular weight is 313 g/mol. The van der Waals surface area contributed by atoms with Crippen molar-refractivity contribution < 1.29 is 19.4 Å². The van der Waals surface area contributed by atoms with E-state index in [4.69, 9.17) is 26.2 Å². The van der Waals surface area contributed by atoms with Crippen molar-refractivity contribution in [1.29, 1.82) is 0 Å². The number of rotatable bonds is 4. The van der Waals surface area contributed by atoms with Crippen molar-refractivity contribution in [1.82, 2.24) is 0 Å². The van der Waals surface area contributed by atoms with Crippen LogP contribution in [-0.2, 0) is 0 Å². The molecule has 0 aliphatic rings. The smallest absolute Gasteiger partial charge is 0.345 e. The van der Waals surface area contributed by atoms with Gasteiger partial charge in [-0.2, -0.15) is 0 Å². The van der Waals surface area contributed by atoms with E-state index in [2.05, 4.69) is 0 Å². The summed E-state index contributed by atoms with van der Waals surface area (Å²) in [7, 11) is 3.05. The van der Waals surface area contributed by atoms with Gasteiger partial charge in [0.15, 0.2) is 0 Å². The van der Waals surface area contributed by atoms with Gasteiger partial charge in [0.05, 0.1) is 14.2 Å². The van der Waals surface area contributed by atoms with Crippen LogP contribution in [0.5, 0.6) is 11.5 Å². The average Bonchev–Trinajstić information content (AvgIpc) is 2.80. The molecule has 0 amide bonds. The number of thiophene rings is 1. The van der Waals surface area contributed by atoms with Gasteiger partial charge in [-0.25, -0.2) is 4.79 Å². The second-order valence-electron chi connectivity index (χ2n) is 4.09. The summed E-state index contributed by atoms with van der Waals surface area (Å²) in [5.74, 6) is 0.0516. The molecule has 106 valence electrons. The van der Waals surface area contributed by atoms with Crippen molar-refractivity contribution in [2.45, 2.75) is 6.92 Å². The first-order chi connectivity index (χ1) is 9.49. The van der Waals surface area contributed by atoms with Crippen LogP contribution in [0.15, 0.2) is 18.2 Å². The molecule has 0 aliphatic heterocycles. The van der Waals surface area contributed by atoms with Crippen LogP contribution >= 0.6 is 22.9 Å². The first kappa shape index (κ1) is 14.7. The summed E-state index contributed by atoms with van der Waals surface area (Å²) in [5, 5.41) is 9.44. The van der Waals surface area contributed by atoms with Crippen molar-refractivity contribution in [3.8, 4) is 21.9 Å². The van der Waals surface area contributed by atoms with Crippen LogP contribution in [0.25, 0.3) is 10.4 Å². The maximum Gasteiger partial charge on any atom is 0.345 e. The van der Waals surface area contributed by atoms with E-state index >= 15 is 0 Å². The van der Waals surface area contributed by atoms with E-state index in [0.29, 0.717) is 16.5 Å². The zero-order valence-corrected chi connectivity index (χ0v) is 12.8. The van der Waals surface area contributed by atoms with Gasteiger partial charge in [0.25, 0.3) is 0 Å². The van der Waals surface area contributed by atoms with Gasteiger partial charge in [-0.1, -0.05) is 11.6 Å². The molecule has 1 heterocycles. The van der Waals surface area contributed by atoms with Crippen molar-refractivity contribution in [2.75, 3.05) is 14.2 Å². The molecular weight excluding hydrogens is 300 g/mol. The number of aromatic carboxylic acids is 1. The first-order valence-corrected chi connectivity index (χ1v) is 6.93. The van der Waals surface area contributed by atoms with Crippen LogP contribution in [0.2, 0.25) is 5.02 Å². The number of hydrogen-bond acceptors (Lipinski definition) is 4. The second-order valence-corrected chi connectivity index (χ2v) is 5.52. The van der Waals surface area contributed by atoms with Gasteiger partial charge in [0.2, 0.25) is 0 Å². The predicted octanol–water partition coefficient (Wildman–Crippen LogP) is 4.09. The Bertz CT molecular complexity index is 663. The number of methoxy groups -OCH3 is 2. The predicted molar refractivity (Wildman–Crippen MR) is 79.6 cm³/mol. The summed E-state index contributed by atoms with van der Waals surface area (Å²) in [6, 6.07) is 5.19. The molecule has 0 spiro atoms. The monoisotopic (exact) mass is 312 g/mol. The molecule has 1 aromatic heterocycles. The molecule has 2 aromatic rings. The molecule has 0 radical (unpaired) electrons. The van der Waals surface area contributed by atoms with Gasteiger partial charge >= 0.3 is 5.97 Å². The number of carbonyl (C=O) groups is 1. The third-order valence-electron chi connectivity index (χ3n) is 2.86. The quantitative estimate of drug-likeness (QED) is 0.923. The molecule has 0 fully saturated rings. The van der Waals surface area contributed by atoms with Gasteiger partial charge in [-0.05, 0) is 30.7 Å². The highest BCUT2D eigenvalue weighted by molar-refractivity contribution is 7.17. The largest absolute Gasteiger partial charge is 0.495 e. The third-order valence-corrected chi connectivity index (χ3v) is 4.48. The van der Waals surface area contributed by atoms with Gasteiger partial charge in [0, 0.05) is 10.4 Å². The van der Waals surface area contributed by atoms with Gasteiger partial charge in [0.1, 0.15) is 21.4 Å². The van der Waals surface area contributed by atoms with E-state index in [9.17, 15) is 4.79 Å². The van der Waals surface area contributed by atoms with Crippen molar-refractivity contribution in [3.63, 3.8) is 0 Å². The van der Waals surface area contributed by atoms with Crippen molar-refractivity contribution in [3.05, 3.63) is 33.7 Å². The number of ether oxygens (including phenoxy) is 2. The Morgan fingerprint density at radius 2 is 2.00 bits per heavy atom. The molecule has 2 rings (SSSR count). The minimum Gasteiger partial charge on any atom is -0.495 e. The lowest BCUT2D eigenvalue weighted by Crippen LogP contribution is -1.92. The van der Waals surface area contributed by atoms with Crippen LogP contribution in [0.3, 0.4) is 0 Å². The summed E-state index contributed by atoms with van der Waals surface area (Å²) in [6.07, 6.45) is 0. The number of benzene rings is 1. The maximum absolute atomic E-state index is 11.1. The normalized spacial score (nSPS) is 10.4. The number of carboxylic acid groups (broad SMARTS) is 1. The Morgan fingerprint density at radius 1 is 1.30 bits per heavy atom. The Balaban J connectivity index is 2.63. The lowest BCUT2D eigenvalue weighted by molar-refractivity contribution is 0.0702. The zero-order chi connectivity index (χ0) is 14.9. The Labute approximate surface area is 125 Å². The summed E-state index contributed by atoms with van der Waals surface area (Å²) in [5.41, 5.74) is 1.63. The minimum absolute atomic E-state index is 0.284. The number of carboxylic acids is 1. The van der Waals surface area contributed by atoms with Crippen LogP contribution in [0.4, 0.5) is 0 Å². The fourth-order valence-corrected chi connectivity index (χ4v) is 3.28. The van der Waals surface area contributed by atoms with Crippen LogP contribution < -0.4 is 9.47 Å². The Hall–Kier alpha value is -1.72. The fraction of sp³-hybridized carbons (Fsp3) is 0.214. The Kier molecular flexibility index (Phi) is 4.20. The van der Waals surface area contributed by atoms with E-state index in [0.717, 1.165) is 16.0 Å². The van der Waals surface area contributed by atoms with E-state index in [-0.39, 0.29) is 4.88 Å². The summed E-state index contributed by atoms with van der Waals surface area (Å²) >= 11 is 7.42. The SMILES string of the molecule is COc1ccc(-c2sc(C(=O)O)cc2C)c(OC)c1Cl. The molecule has 1 N–H and O–H groups in total. The molecule has 0 bridgehead atoms. The summed E-state index contributed by atoms with van der Waals surface area (Å²) < 4.78 is 10.5. The number of hydrogen-bond donors (Lipinski definition) is 1. The Morgan fingerprint density at radius 3 is 2.50 bits per heavy atom. The molecule has 6 heteroatoms. The van der Waals surface area contributed by atoms with E-state index in [1.807, 2.05) is 13.0 Å². The maximum atomic E-state index is 11.1. The van der Waals surface area contributed by atoms with Gasteiger partial charge < -0.3 is 14.6 Å². The molecule has 0 saturated carbocycles. The summed E-state index contributed by atoms with van der Waals surface area (Å²) in [6.45, 7) is 1.86. The van der Waals surface area contributed by atoms with Crippen LogP contribution in [-0.4, -0.2) is 25.3 Å². The molecule has 0 atom stereocenters. The van der Waals surface area contributed by atoms with E-state index in [1.165, 1.54) is 25.6 Å². The third kappa shape index (κ3) is 2.46. The van der Waals surface area contributed by atoms with Crippen molar-refractivity contribution in [2.24, 2.45) is 0 Å². The molecule has 1 aromatic carbocycles. The number of halogens is 1. The summed E-state index contributed by atoms with van der Waals surface area (Å²) in [4.78, 5) is 12.2. The number of aryl methyl sites for hydroxylation is 1. The lowest BCUT2D eigenvalue weighted by atomic mass is 10.1. The highest BCUT2D eigenvalue weighted by Gasteiger charge is 2.19. The van der Waals surface area contributed by atoms with Crippen molar-refractivity contribution >= 4 is 28.9 Å². The highest BCUT2D eigenvalue weighted by Crippen LogP contribution is 2.45. The minimum atomic E-state index is -0.942. The highest BCUT2D eigenvalue weighted by atomic mass is 35.5. The second kappa shape index (κ2) is 5.73. The van der Waals surface area contributed by atoms with Crippen LogP contribution in [0.1, 0.15) is 15.2 Å². The molecule has 0 saturated heterocycles. The molecule has 0 aliphatic carbocycles. The van der Waals surface area contributed by atoms with Gasteiger partial charge in [-0.15, -0.1) is 11.3 Å². The van der Waals surface area contributed by atoms with Crippen LogP contribution in [0, 0.1) is 6.92 Å². The molecule has 0 unspecified atom stereocenters. The fourth-order valence-electron chi connectivity index (χ4n) is 1.93. The zero-order valence-electron chi connectivity index (χ0n) is 11.2. The standard InChI is InChI=1S/C14H13ClO4S/c1-7-6-10(14(16)17)20-13(7)8-4-5-9(18-2)11(15)12(8)19-3/h4-6H,1-3H3,(H,16,17). The van der Waals surface area contributed by atoms with E-state index in [1.54, 1.807) is 12.1 Å². The lowest BCUT2D eigenvalue weighted by Gasteiger charge is -2.12. The molecular formula is C14H13ClO4S. The molecule has 20 heavy (non-hydrogen) atoms. The van der Waals surface area contributed by atoms with E-state index < -0.39 is 5.97 Å². The first-order valence-electron chi connectivity index (χ1n) is 5.74. The van der Waals surface area contributed by atoms with Gasteiger partial charge in [-0.3, -0.25) is 0 Å².